The van der Waals surface area contributed by atoms with Crippen LogP contribution in [0.4, 0.5) is 0 Å². The molecule has 0 saturated carbocycles. The van der Waals surface area contributed by atoms with Crippen LogP contribution in [0.5, 0.6) is 0 Å². The Morgan fingerprint density at radius 2 is 2.38 bits per heavy atom. The van der Waals surface area contributed by atoms with Gasteiger partial charge in [0.1, 0.15) is 0 Å². The molecule has 3 atom stereocenters. The van der Waals surface area contributed by atoms with Crippen LogP contribution in [0.1, 0.15) is 31.4 Å². The summed E-state index contributed by atoms with van der Waals surface area (Å²) in [6.07, 6.45) is 2.41. The van der Waals surface area contributed by atoms with Crippen LogP contribution < -0.4 is 10.9 Å². The van der Waals surface area contributed by atoms with E-state index in [1.807, 2.05) is 10.6 Å². The van der Waals surface area contributed by atoms with Gasteiger partial charge in [0, 0.05) is 36.8 Å². The fourth-order valence-corrected chi connectivity index (χ4v) is 3.30. The van der Waals surface area contributed by atoms with Crippen molar-refractivity contribution in [2.45, 2.75) is 38.3 Å². The lowest BCUT2D eigenvalue weighted by molar-refractivity contribution is 0.189. The lowest BCUT2D eigenvalue weighted by Gasteiger charge is -2.42. The first-order valence-electron chi connectivity index (χ1n) is 6.22. The van der Waals surface area contributed by atoms with Crippen LogP contribution in [0.2, 0.25) is 0 Å². The lowest BCUT2D eigenvalue weighted by Crippen LogP contribution is -2.50. The summed E-state index contributed by atoms with van der Waals surface area (Å²) in [6.45, 7) is 4.15. The SMILES string of the molecule is CCC1NC[C@H]2C[C@@H]1Cn1c2cccc1=O. The molecule has 3 heteroatoms. The van der Waals surface area contributed by atoms with Gasteiger partial charge in [0.25, 0.3) is 5.56 Å². The fourth-order valence-electron chi connectivity index (χ4n) is 3.30. The Kier molecular flexibility index (Phi) is 2.36. The van der Waals surface area contributed by atoms with Gasteiger partial charge in [-0.1, -0.05) is 13.0 Å². The summed E-state index contributed by atoms with van der Waals surface area (Å²) in [4.78, 5) is 11.8. The highest BCUT2D eigenvalue weighted by molar-refractivity contribution is 5.17. The molecule has 2 aliphatic rings. The normalized spacial score (nSPS) is 32.2. The van der Waals surface area contributed by atoms with E-state index in [-0.39, 0.29) is 5.56 Å². The molecule has 1 unspecified atom stereocenters. The van der Waals surface area contributed by atoms with Crippen LogP contribution in [0.15, 0.2) is 23.0 Å². The predicted molar refractivity (Wildman–Crippen MR) is 63.6 cm³/mol. The molecule has 86 valence electrons. The summed E-state index contributed by atoms with van der Waals surface area (Å²) in [5.41, 5.74) is 1.40. The molecule has 0 aliphatic carbocycles. The van der Waals surface area contributed by atoms with E-state index < -0.39 is 0 Å². The van der Waals surface area contributed by atoms with Gasteiger partial charge in [0.2, 0.25) is 0 Å². The van der Waals surface area contributed by atoms with Crippen molar-refractivity contribution in [2.75, 3.05) is 6.54 Å². The lowest BCUT2D eigenvalue weighted by atomic mass is 9.79. The molecule has 0 amide bonds. The molecule has 3 heterocycles. The monoisotopic (exact) mass is 218 g/mol. The second-order valence-corrected chi connectivity index (χ2v) is 5.02. The van der Waals surface area contributed by atoms with Crippen molar-refractivity contribution < 1.29 is 0 Å². The van der Waals surface area contributed by atoms with Gasteiger partial charge in [-0.3, -0.25) is 4.79 Å². The van der Waals surface area contributed by atoms with Gasteiger partial charge in [0.15, 0.2) is 0 Å². The molecule has 0 aromatic carbocycles. The van der Waals surface area contributed by atoms with Gasteiger partial charge in [-0.05, 0) is 24.8 Å². The number of hydrogen-bond acceptors (Lipinski definition) is 2. The zero-order chi connectivity index (χ0) is 11.1. The Bertz CT molecular complexity index is 451. The molecule has 0 spiro atoms. The zero-order valence-electron chi connectivity index (χ0n) is 9.65. The first kappa shape index (κ1) is 10.1. The maximum atomic E-state index is 11.8. The van der Waals surface area contributed by atoms with Crippen molar-refractivity contribution in [2.24, 2.45) is 5.92 Å². The molecule has 1 N–H and O–H groups in total. The summed E-state index contributed by atoms with van der Waals surface area (Å²) in [5.74, 6) is 1.17. The number of hydrogen-bond donors (Lipinski definition) is 1. The molecule has 1 fully saturated rings. The minimum atomic E-state index is 0.170. The Labute approximate surface area is 95.5 Å². The molecular weight excluding hydrogens is 200 g/mol. The molecule has 3 nitrogen and oxygen atoms in total. The molecule has 3 rings (SSSR count). The summed E-state index contributed by atoms with van der Waals surface area (Å²) in [6, 6.07) is 6.27. The highest BCUT2D eigenvalue weighted by Crippen LogP contribution is 2.34. The number of aromatic nitrogens is 1. The van der Waals surface area contributed by atoms with Gasteiger partial charge in [-0.2, -0.15) is 0 Å². The number of rotatable bonds is 1. The van der Waals surface area contributed by atoms with E-state index in [0.29, 0.717) is 17.9 Å². The predicted octanol–water partition coefficient (Wildman–Crippen LogP) is 1.33. The topological polar surface area (TPSA) is 34.0 Å². The van der Waals surface area contributed by atoms with Crippen molar-refractivity contribution in [3.63, 3.8) is 0 Å². The number of pyridine rings is 1. The van der Waals surface area contributed by atoms with E-state index in [9.17, 15) is 4.79 Å². The number of nitrogens with one attached hydrogen (secondary N) is 1. The van der Waals surface area contributed by atoms with Crippen molar-refractivity contribution in [3.8, 4) is 0 Å². The van der Waals surface area contributed by atoms with Gasteiger partial charge in [0.05, 0.1) is 0 Å². The molecule has 1 aromatic rings. The summed E-state index contributed by atoms with van der Waals surface area (Å²) in [7, 11) is 0. The van der Waals surface area contributed by atoms with Crippen LogP contribution in [-0.4, -0.2) is 17.2 Å². The van der Waals surface area contributed by atoms with E-state index in [0.717, 1.165) is 19.5 Å². The number of nitrogens with zero attached hydrogens (tertiary/aromatic N) is 1. The van der Waals surface area contributed by atoms with Gasteiger partial charge in [-0.25, -0.2) is 0 Å². The first-order chi connectivity index (χ1) is 7.79. The maximum Gasteiger partial charge on any atom is 0.250 e. The highest BCUT2D eigenvalue weighted by Gasteiger charge is 2.35. The quantitative estimate of drug-likeness (QED) is 0.771. The number of fused-ring (bicyclic) bond motifs is 4. The van der Waals surface area contributed by atoms with Gasteiger partial charge < -0.3 is 9.88 Å². The Balaban J connectivity index is 2.03. The van der Waals surface area contributed by atoms with E-state index in [2.05, 4.69) is 18.3 Å². The van der Waals surface area contributed by atoms with Crippen LogP contribution in [0.3, 0.4) is 0 Å². The van der Waals surface area contributed by atoms with Crippen LogP contribution in [-0.2, 0) is 6.54 Å². The van der Waals surface area contributed by atoms with Crippen molar-refractivity contribution >= 4 is 0 Å². The summed E-state index contributed by atoms with van der Waals surface area (Å²) < 4.78 is 1.99. The highest BCUT2D eigenvalue weighted by atomic mass is 16.1. The van der Waals surface area contributed by atoms with E-state index in [1.165, 1.54) is 12.1 Å². The largest absolute Gasteiger partial charge is 0.313 e. The van der Waals surface area contributed by atoms with Crippen LogP contribution >= 0.6 is 0 Å². The maximum absolute atomic E-state index is 11.8. The summed E-state index contributed by atoms with van der Waals surface area (Å²) >= 11 is 0. The summed E-state index contributed by atoms with van der Waals surface area (Å²) in [5, 5.41) is 3.62. The molecule has 2 aliphatic heterocycles. The third-order valence-electron chi connectivity index (χ3n) is 4.14. The van der Waals surface area contributed by atoms with Gasteiger partial charge in [-0.15, -0.1) is 0 Å². The van der Waals surface area contributed by atoms with E-state index >= 15 is 0 Å². The van der Waals surface area contributed by atoms with Crippen molar-refractivity contribution in [3.05, 3.63) is 34.2 Å². The van der Waals surface area contributed by atoms with Crippen LogP contribution in [0, 0.1) is 5.92 Å². The minimum Gasteiger partial charge on any atom is -0.313 e. The third kappa shape index (κ3) is 1.42. The molecule has 1 saturated heterocycles. The first-order valence-corrected chi connectivity index (χ1v) is 6.22. The molecule has 16 heavy (non-hydrogen) atoms. The smallest absolute Gasteiger partial charge is 0.250 e. The molecular formula is C13H18N2O. The second kappa shape index (κ2) is 3.74. The molecule has 1 aromatic heterocycles. The Morgan fingerprint density at radius 1 is 1.50 bits per heavy atom. The van der Waals surface area contributed by atoms with Gasteiger partial charge >= 0.3 is 0 Å². The van der Waals surface area contributed by atoms with E-state index in [1.54, 1.807) is 6.07 Å². The zero-order valence-corrected chi connectivity index (χ0v) is 9.65. The minimum absolute atomic E-state index is 0.170. The number of piperidine rings is 1. The Hall–Kier alpha value is -1.09. The third-order valence-corrected chi connectivity index (χ3v) is 4.14. The van der Waals surface area contributed by atoms with Crippen LogP contribution in [0.25, 0.3) is 0 Å². The second-order valence-electron chi connectivity index (χ2n) is 5.02. The van der Waals surface area contributed by atoms with E-state index in [4.69, 9.17) is 0 Å². The fraction of sp³-hybridized carbons (Fsp3) is 0.615. The molecule has 0 radical (unpaired) electrons. The average molecular weight is 218 g/mol. The Morgan fingerprint density at radius 3 is 3.19 bits per heavy atom. The molecule has 2 bridgehead atoms. The standard InChI is InChI=1S/C13H18N2O/c1-2-11-10-6-9(7-14-11)12-4-3-5-13(16)15(12)8-10/h3-5,9-11,14H,2,6-8H2,1H3/t9-,10-,11?/m1/s1. The average Bonchev–Trinajstić information content (AvgIpc) is 2.31. The van der Waals surface area contributed by atoms with Crippen molar-refractivity contribution in [1.29, 1.82) is 0 Å². The van der Waals surface area contributed by atoms with Crippen molar-refractivity contribution in [1.82, 2.24) is 9.88 Å².